The van der Waals surface area contributed by atoms with E-state index < -0.39 is 0 Å². The van der Waals surface area contributed by atoms with Gasteiger partial charge in [0.25, 0.3) is 0 Å². The van der Waals surface area contributed by atoms with Gasteiger partial charge in [0.1, 0.15) is 0 Å². The standard InChI is InChI=1S/C18H22N2/c1-3-16-13(2)18(19-14-9-5-4-6-10-14)15-11-7-8-12-17(15)20-16/h4-13,16,18-20H,3H2,1-2H3/t13-,16+,18-/m1/s1. The molecule has 2 heteroatoms. The lowest BCUT2D eigenvalue weighted by Crippen LogP contribution is -2.38. The van der Waals surface area contributed by atoms with E-state index in [4.69, 9.17) is 0 Å². The van der Waals surface area contributed by atoms with Gasteiger partial charge < -0.3 is 10.6 Å². The predicted octanol–water partition coefficient (Wildman–Crippen LogP) is 4.68. The van der Waals surface area contributed by atoms with Crippen LogP contribution in [0.1, 0.15) is 31.9 Å². The zero-order valence-electron chi connectivity index (χ0n) is 12.1. The number of hydrogen-bond donors (Lipinski definition) is 2. The number of rotatable bonds is 3. The van der Waals surface area contributed by atoms with Gasteiger partial charge >= 0.3 is 0 Å². The molecule has 2 nitrogen and oxygen atoms in total. The molecule has 0 aromatic heterocycles. The maximum absolute atomic E-state index is 3.71. The van der Waals surface area contributed by atoms with E-state index in [1.165, 1.54) is 16.9 Å². The lowest BCUT2D eigenvalue weighted by Gasteiger charge is -2.39. The minimum atomic E-state index is 0.361. The van der Waals surface area contributed by atoms with Crippen LogP contribution < -0.4 is 10.6 Å². The molecule has 2 aromatic carbocycles. The molecule has 104 valence electrons. The van der Waals surface area contributed by atoms with Gasteiger partial charge in [-0.3, -0.25) is 0 Å². The van der Waals surface area contributed by atoms with Crippen LogP contribution in [-0.2, 0) is 0 Å². The van der Waals surface area contributed by atoms with Crippen LogP contribution in [0.15, 0.2) is 54.6 Å². The lowest BCUT2D eigenvalue weighted by molar-refractivity contribution is 0.400. The van der Waals surface area contributed by atoms with Crippen LogP contribution in [0, 0.1) is 5.92 Å². The van der Waals surface area contributed by atoms with Gasteiger partial charge in [-0.2, -0.15) is 0 Å². The third-order valence-electron chi connectivity index (χ3n) is 4.33. The molecular formula is C18H22N2. The maximum atomic E-state index is 3.71. The van der Waals surface area contributed by atoms with Crippen molar-refractivity contribution in [1.29, 1.82) is 0 Å². The molecule has 3 rings (SSSR count). The normalized spacial score (nSPS) is 24.6. The molecular weight excluding hydrogens is 244 g/mol. The molecule has 1 heterocycles. The van der Waals surface area contributed by atoms with E-state index in [1.54, 1.807) is 0 Å². The Kier molecular flexibility index (Phi) is 3.64. The molecule has 0 aliphatic carbocycles. The molecule has 2 aromatic rings. The molecule has 1 aliphatic heterocycles. The Labute approximate surface area is 121 Å². The third kappa shape index (κ3) is 2.38. The number of para-hydroxylation sites is 2. The van der Waals surface area contributed by atoms with Crippen molar-refractivity contribution >= 4 is 11.4 Å². The van der Waals surface area contributed by atoms with Gasteiger partial charge in [0.2, 0.25) is 0 Å². The summed E-state index contributed by atoms with van der Waals surface area (Å²) in [6.07, 6.45) is 1.14. The minimum absolute atomic E-state index is 0.361. The second-order valence-electron chi connectivity index (χ2n) is 5.59. The highest BCUT2D eigenvalue weighted by atomic mass is 15.0. The molecule has 20 heavy (non-hydrogen) atoms. The van der Waals surface area contributed by atoms with Crippen LogP contribution in [0.5, 0.6) is 0 Å². The van der Waals surface area contributed by atoms with Gasteiger partial charge in [-0.05, 0) is 30.2 Å². The molecule has 3 atom stereocenters. The van der Waals surface area contributed by atoms with Crippen molar-refractivity contribution in [2.45, 2.75) is 32.4 Å². The zero-order chi connectivity index (χ0) is 13.9. The summed E-state index contributed by atoms with van der Waals surface area (Å²) in [6.45, 7) is 4.58. The van der Waals surface area contributed by atoms with Gasteiger partial charge in [-0.25, -0.2) is 0 Å². The molecule has 0 unspecified atom stereocenters. The highest BCUT2D eigenvalue weighted by Crippen LogP contribution is 2.39. The van der Waals surface area contributed by atoms with E-state index in [9.17, 15) is 0 Å². The van der Waals surface area contributed by atoms with Crippen LogP contribution in [0.4, 0.5) is 11.4 Å². The summed E-state index contributed by atoms with van der Waals surface area (Å²) in [6, 6.07) is 20.0. The molecule has 1 aliphatic rings. The summed E-state index contributed by atoms with van der Waals surface area (Å²) in [5.74, 6) is 0.551. The van der Waals surface area contributed by atoms with Crippen LogP contribution in [0.25, 0.3) is 0 Å². The second-order valence-corrected chi connectivity index (χ2v) is 5.59. The molecule has 0 saturated heterocycles. The first-order valence-corrected chi connectivity index (χ1v) is 7.46. The molecule has 0 radical (unpaired) electrons. The summed E-state index contributed by atoms with van der Waals surface area (Å²) < 4.78 is 0. The van der Waals surface area contributed by atoms with E-state index in [1.807, 2.05) is 0 Å². The van der Waals surface area contributed by atoms with Gasteiger partial charge in [-0.15, -0.1) is 0 Å². The smallest absolute Gasteiger partial charge is 0.0579 e. The molecule has 0 fully saturated rings. The van der Waals surface area contributed by atoms with Crippen molar-refractivity contribution in [3.8, 4) is 0 Å². The Morgan fingerprint density at radius 2 is 1.70 bits per heavy atom. The largest absolute Gasteiger partial charge is 0.382 e. The molecule has 0 bridgehead atoms. The Morgan fingerprint density at radius 3 is 2.45 bits per heavy atom. The molecule has 0 amide bonds. The van der Waals surface area contributed by atoms with E-state index in [0.717, 1.165) is 6.42 Å². The number of nitrogens with one attached hydrogen (secondary N) is 2. The van der Waals surface area contributed by atoms with E-state index in [0.29, 0.717) is 18.0 Å². The highest BCUT2D eigenvalue weighted by Gasteiger charge is 2.32. The van der Waals surface area contributed by atoms with Crippen molar-refractivity contribution in [3.63, 3.8) is 0 Å². The topological polar surface area (TPSA) is 24.1 Å². The second kappa shape index (κ2) is 5.58. The average Bonchev–Trinajstić information content (AvgIpc) is 2.51. The molecule has 0 spiro atoms. The van der Waals surface area contributed by atoms with Crippen LogP contribution in [-0.4, -0.2) is 6.04 Å². The summed E-state index contributed by atoms with van der Waals surface area (Å²) in [5, 5.41) is 7.38. The fraction of sp³-hybridized carbons (Fsp3) is 0.333. The number of anilines is 2. The SMILES string of the molecule is CC[C@@H]1Nc2ccccc2[C@H](Nc2ccccc2)[C@@H]1C. The van der Waals surface area contributed by atoms with E-state index >= 15 is 0 Å². The van der Waals surface area contributed by atoms with Crippen molar-refractivity contribution in [1.82, 2.24) is 0 Å². The third-order valence-corrected chi connectivity index (χ3v) is 4.33. The van der Waals surface area contributed by atoms with Crippen molar-refractivity contribution in [2.24, 2.45) is 5.92 Å². The molecule has 0 saturated carbocycles. The Bertz CT molecular complexity index is 565. The van der Waals surface area contributed by atoms with Crippen LogP contribution in [0.2, 0.25) is 0 Å². The first kappa shape index (κ1) is 13.0. The Morgan fingerprint density at radius 1 is 1.00 bits per heavy atom. The van der Waals surface area contributed by atoms with Crippen molar-refractivity contribution in [2.75, 3.05) is 10.6 Å². The maximum Gasteiger partial charge on any atom is 0.0579 e. The zero-order valence-corrected chi connectivity index (χ0v) is 12.1. The van der Waals surface area contributed by atoms with Gasteiger partial charge in [0.05, 0.1) is 6.04 Å². The summed E-state index contributed by atoms with van der Waals surface area (Å²) in [4.78, 5) is 0. The first-order valence-electron chi connectivity index (χ1n) is 7.46. The Balaban J connectivity index is 1.95. The van der Waals surface area contributed by atoms with Crippen molar-refractivity contribution < 1.29 is 0 Å². The van der Waals surface area contributed by atoms with Gasteiger partial charge in [0.15, 0.2) is 0 Å². The summed E-state index contributed by atoms with van der Waals surface area (Å²) in [5.41, 5.74) is 3.83. The van der Waals surface area contributed by atoms with Gasteiger partial charge in [0, 0.05) is 23.3 Å². The molecule has 2 N–H and O–H groups in total. The quantitative estimate of drug-likeness (QED) is 0.843. The van der Waals surface area contributed by atoms with E-state index in [-0.39, 0.29) is 0 Å². The fourth-order valence-corrected chi connectivity index (χ4v) is 3.14. The number of fused-ring (bicyclic) bond motifs is 1. The monoisotopic (exact) mass is 266 g/mol. The first-order chi connectivity index (χ1) is 9.79. The Hall–Kier alpha value is -1.96. The predicted molar refractivity (Wildman–Crippen MR) is 86.1 cm³/mol. The number of hydrogen-bond acceptors (Lipinski definition) is 2. The fourth-order valence-electron chi connectivity index (χ4n) is 3.14. The van der Waals surface area contributed by atoms with Crippen molar-refractivity contribution in [3.05, 3.63) is 60.2 Å². The summed E-state index contributed by atoms with van der Waals surface area (Å²) in [7, 11) is 0. The highest BCUT2D eigenvalue weighted by molar-refractivity contribution is 5.59. The lowest BCUT2D eigenvalue weighted by atomic mass is 9.82. The van der Waals surface area contributed by atoms with Crippen LogP contribution in [0.3, 0.4) is 0 Å². The van der Waals surface area contributed by atoms with Gasteiger partial charge in [-0.1, -0.05) is 50.2 Å². The number of benzene rings is 2. The summed E-state index contributed by atoms with van der Waals surface area (Å²) >= 11 is 0. The van der Waals surface area contributed by atoms with Crippen LogP contribution >= 0.6 is 0 Å². The van der Waals surface area contributed by atoms with E-state index in [2.05, 4.69) is 79.1 Å². The average molecular weight is 266 g/mol. The minimum Gasteiger partial charge on any atom is -0.382 e.